The number of halogens is 3. The number of amides is 1. The van der Waals surface area contributed by atoms with Crippen LogP contribution in [-0.2, 0) is 11.8 Å². The molecule has 0 bridgehead atoms. The van der Waals surface area contributed by atoms with E-state index in [4.69, 9.17) is 11.6 Å². The molecule has 0 unspecified atom stereocenters. The molecule has 0 aliphatic heterocycles. The van der Waals surface area contributed by atoms with Gasteiger partial charge in [-0.3, -0.25) is 4.79 Å². The maximum Gasteiger partial charge on any atom is 0.248 e. The molecule has 1 aromatic carbocycles. The van der Waals surface area contributed by atoms with Crippen LogP contribution in [-0.4, -0.2) is 37.0 Å². The number of tetrazole rings is 1. The van der Waals surface area contributed by atoms with Crippen LogP contribution >= 0.6 is 22.9 Å². The predicted molar refractivity (Wildman–Crippen MR) is 105 cm³/mol. The number of nitrogens with zero attached hydrogens (tertiary/aromatic N) is 5. The second kappa shape index (κ2) is 7.75. The molecular weight excluding hydrogens is 422 g/mol. The first-order valence-corrected chi connectivity index (χ1v) is 10.1. The number of benzene rings is 1. The van der Waals surface area contributed by atoms with Crippen molar-refractivity contribution < 1.29 is 13.6 Å². The number of rotatable bonds is 5. The van der Waals surface area contributed by atoms with Gasteiger partial charge >= 0.3 is 0 Å². The zero-order valence-electron chi connectivity index (χ0n) is 15.3. The topological polar surface area (TPSA) is 85.6 Å². The Morgan fingerprint density at radius 3 is 2.69 bits per heavy atom. The van der Waals surface area contributed by atoms with Gasteiger partial charge < -0.3 is 5.32 Å². The van der Waals surface area contributed by atoms with Gasteiger partial charge in [-0.2, -0.15) is 4.80 Å². The van der Waals surface area contributed by atoms with Crippen molar-refractivity contribution >= 4 is 34.0 Å². The highest BCUT2D eigenvalue weighted by molar-refractivity contribution is 7.19. The van der Waals surface area contributed by atoms with Crippen molar-refractivity contribution in [2.45, 2.75) is 31.1 Å². The Morgan fingerprint density at radius 1 is 1.38 bits per heavy atom. The molecule has 1 saturated carbocycles. The average Bonchev–Trinajstić information content (AvgIpc) is 3.37. The third-order valence-electron chi connectivity index (χ3n) is 4.94. The minimum Gasteiger partial charge on any atom is -0.301 e. The molecule has 1 N–H and O–H groups in total. The van der Waals surface area contributed by atoms with Gasteiger partial charge in [0.2, 0.25) is 17.7 Å². The highest BCUT2D eigenvalue weighted by Crippen LogP contribution is 2.46. The van der Waals surface area contributed by atoms with Crippen LogP contribution < -0.4 is 5.32 Å². The molecule has 1 aliphatic rings. The zero-order valence-corrected chi connectivity index (χ0v) is 16.9. The molecule has 0 radical (unpaired) electrons. The molecule has 1 fully saturated rings. The number of hydrogen-bond donors (Lipinski definition) is 1. The zero-order chi connectivity index (χ0) is 20.6. The van der Waals surface area contributed by atoms with Crippen LogP contribution in [0.15, 0.2) is 30.5 Å². The molecule has 2 heterocycles. The molecule has 0 saturated heterocycles. The first kappa shape index (κ1) is 19.8. The number of anilines is 1. The van der Waals surface area contributed by atoms with Gasteiger partial charge in [0, 0.05) is 18.4 Å². The second-order valence-corrected chi connectivity index (χ2v) is 8.68. The summed E-state index contributed by atoms with van der Waals surface area (Å²) in [5.41, 5.74) is 1.38. The Hall–Kier alpha value is -2.46. The smallest absolute Gasteiger partial charge is 0.248 e. The molecule has 29 heavy (non-hydrogen) atoms. The molecule has 3 aromatic rings. The Kier molecular flexibility index (Phi) is 5.30. The summed E-state index contributed by atoms with van der Waals surface area (Å²) in [6.07, 6.45) is 1.17. The highest BCUT2D eigenvalue weighted by Gasteiger charge is 2.45. The second-order valence-electron chi connectivity index (χ2n) is 7.02. The van der Waals surface area contributed by atoms with Crippen LogP contribution in [0.5, 0.6) is 0 Å². The number of hydrogen-bond acceptors (Lipinski definition) is 6. The first-order valence-electron chi connectivity index (χ1n) is 8.95. The summed E-state index contributed by atoms with van der Waals surface area (Å²) >= 11 is 6.99. The maximum absolute atomic E-state index is 13.9. The lowest BCUT2D eigenvalue weighted by atomic mass is 9.83. The lowest BCUT2D eigenvalue weighted by Crippen LogP contribution is -2.27. The molecule has 7 nitrogen and oxygen atoms in total. The van der Waals surface area contributed by atoms with E-state index in [1.807, 2.05) is 0 Å². The number of aromatic nitrogens is 5. The van der Waals surface area contributed by atoms with Gasteiger partial charge in [-0.1, -0.05) is 47.2 Å². The van der Waals surface area contributed by atoms with Gasteiger partial charge in [0.1, 0.15) is 4.34 Å². The van der Waals surface area contributed by atoms with Crippen LogP contribution in [0.4, 0.5) is 13.9 Å². The SMILES string of the molecule is Cn1nnc(-c2ccc([C@@H](C(=O)Nc3ncc(Cl)s3)[C@@H]3CCC(F)(F)C3)cc2)n1. The third-order valence-corrected chi connectivity index (χ3v) is 5.97. The van der Waals surface area contributed by atoms with E-state index in [1.165, 1.54) is 11.0 Å². The van der Waals surface area contributed by atoms with Gasteiger partial charge in [0.15, 0.2) is 5.13 Å². The van der Waals surface area contributed by atoms with E-state index in [2.05, 4.69) is 25.7 Å². The van der Waals surface area contributed by atoms with E-state index < -0.39 is 17.8 Å². The number of thiazole rings is 1. The maximum atomic E-state index is 13.9. The van der Waals surface area contributed by atoms with Crippen molar-refractivity contribution in [2.75, 3.05) is 5.32 Å². The molecule has 0 spiro atoms. The van der Waals surface area contributed by atoms with Gasteiger partial charge in [-0.05, 0) is 23.1 Å². The molecule has 1 aliphatic carbocycles. The Morgan fingerprint density at radius 2 is 2.14 bits per heavy atom. The van der Waals surface area contributed by atoms with Crippen LogP contribution in [0.1, 0.15) is 30.7 Å². The molecular formula is C18H17ClF2N6OS. The summed E-state index contributed by atoms with van der Waals surface area (Å²) in [6.45, 7) is 0. The lowest BCUT2D eigenvalue weighted by molar-refractivity contribution is -0.118. The minimum atomic E-state index is -2.75. The molecule has 1 amide bonds. The van der Waals surface area contributed by atoms with E-state index in [-0.39, 0.29) is 25.2 Å². The van der Waals surface area contributed by atoms with Crippen molar-refractivity contribution in [3.05, 3.63) is 40.4 Å². The van der Waals surface area contributed by atoms with Gasteiger partial charge in [0.05, 0.1) is 19.2 Å². The van der Waals surface area contributed by atoms with E-state index in [0.29, 0.717) is 20.9 Å². The predicted octanol–water partition coefficient (Wildman–Crippen LogP) is 4.14. The molecule has 2 aromatic heterocycles. The first-order chi connectivity index (χ1) is 13.8. The lowest BCUT2D eigenvalue weighted by Gasteiger charge is -2.23. The molecule has 11 heteroatoms. The Balaban J connectivity index is 1.61. The fraction of sp³-hybridized carbons (Fsp3) is 0.389. The molecule has 2 atom stereocenters. The van der Waals surface area contributed by atoms with Crippen molar-refractivity contribution in [3.63, 3.8) is 0 Å². The third kappa shape index (κ3) is 4.43. The van der Waals surface area contributed by atoms with Crippen molar-refractivity contribution in [3.8, 4) is 11.4 Å². The summed E-state index contributed by atoms with van der Waals surface area (Å²) in [5, 5.41) is 15.0. The normalized spacial score (nSPS) is 19.2. The van der Waals surface area contributed by atoms with Gasteiger partial charge in [0.25, 0.3) is 0 Å². The van der Waals surface area contributed by atoms with E-state index >= 15 is 0 Å². The number of nitrogens with one attached hydrogen (secondary N) is 1. The van der Waals surface area contributed by atoms with Crippen molar-refractivity contribution in [1.29, 1.82) is 0 Å². The number of alkyl halides is 2. The number of carbonyl (C=O) groups excluding carboxylic acids is 1. The minimum absolute atomic E-state index is 0.216. The number of aryl methyl sites for hydroxylation is 1. The monoisotopic (exact) mass is 438 g/mol. The van der Waals surface area contributed by atoms with E-state index in [0.717, 1.165) is 16.9 Å². The molecule has 152 valence electrons. The highest BCUT2D eigenvalue weighted by atomic mass is 35.5. The van der Waals surface area contributed by atoms with Crippen molar-refractivity contribution in [2.24, 2.45) is 13.0 Å². The van der Waals surface area contributed by atoms with Gasteiger partial charge in [-0.15, -0.1) is 10.2 Å². The average molecular weight is 439 g/mol. The fourth-order valence-corrected chi connectivity index (χ4v) is 4.46. The molecule has 4 rings (SSSR count). The fourth-order valence-electron chi connectivity index (χ4n) is 3.64. The Bertz CT molecular complexity index is 1020. The Labute approximate surface area is 174 Å². The number of carbonyl (C=O) groups is 1. The summed E-state index contributed by atoms with van der Waals surface area (Å²) in [5.74, 6) is -3.87. The summed E-state index contributed by atoms with van der Waals surface area (Å²) < 4.78 is 28.2. The van der Waals surface area contributed by atoms with Crippen LogP contribution in [0.2, 0.25) is 4.34 Å². The summed E-state index contributed by atoms with van der Waals surface area (Å²) in [4.78, 5) is 18.4. The largest absolute Gasteiger partial charge is 0.301 e. The van der Waals surface area contributed by atoms with Crippen LogP contribution in [0.25, 0.3) is 11.4 Å². The van der Waals surface area contributed by atoms with E-state index in [9.17, 15) is 13.6 Å². The van der Waals surface area contributed by atoms with E-state index in [1.54, 1.807) is 31.3 Å². The van der Waals surface area contributed by atoms with Gasteiger partial charge in [-0.25, -0.2) is 13.8 Å². The van der Waals surface area contributed by atoms with Crippen molar-refractivity contribution in [1.82, 2.24) is 25.2 Å². The summed E-state index contributed by atoms with van der Waals surface area (Å²) in [7, 11) is 1.66. The van der Waals surface area contributed by atoms with Crippen LogP contribution in [0, 0.1) is 5.92 Å². The quantitative estimate of drug-likeness (QED) is 0.646. The summed E-state index contributed by atoms with van der Waals surface area (Å²) in [6, 6.07) is 7.03. The van der Waals surface area contributed by atoms with Crippen LogP contribution in [0.3, 0.4) is 0 Å². The standard InChI is InChI=1S/C18H17ClF2N6OS/c1-27-25-15(24-26-27)11-4-2-10(3-5-11)14(12-6-7-18(20,21)8-12)16(28)23-17-22-9-13(19)29-17/h2-5,9,12,14H,6-8H2,1H3,(H,22,23,28)/t12-,14-/m1/s1.